The Morgan fingerprint density at radius 1 is 0.833 bits per heavy atom. The standard InChI is InChI=1S/C13H10.C3H3NS/c1-3-7-12-10(5-1)9-11-6-2-4-8-13(11)12;1-2-5-3-4-1/h1-8H,9H2;1-3H. The fourth-order valence-corrected chi connectivity index (χ4v) is 2.61. The van der Waals surface area contributed by atoms with Crippen LogP contribution in [-0.4, -0.2) is 4.98 Å². The van der Waals surface area contributed by atoms with Gasteiger partial charge in [-0.25, -0.2) is 0 Å². The van der Waals surface area contributed by atoms with Crippen molar-refractivity contribution in [2.24, 2.45) is 0 Å². The maximum Gasteiger partial charge on any atom is 0.0791 e. The van der Waals surface area contributed by atoms with Gasteiger partial charge in [0.1, 0.15) is 0 Å². The molecule has 18 heavy (non-hydrogen) atoms. The lowest BCUT2D eigenvalue weighted by atomic mass is 10.1. The molecule has 0 fully saturated rings. The van der Waals surface area contributed by atoms with Gasteiger partial charge in [-0.2, -0.15) is 0 Å². The molecule has 0 N–H and O–H groups in total. The smallest absolute Gasteiger partial charge is 0.0791 e. The normalized spacial score (nSPS) is 11.1. The highest BCUT2D eigenvalue weighted by Gasteiger charge is 2.15. The number of aromatic nitrogens is 1. The van der Waals surface area contributed by atoms with Crippen LogP contribution in [0.15, 0.2) is 65.6 Å². The summed E-state index contributed by atoms with van der Waals surface area (Å²) < 4.78 is 0. The highest BCUT2D eigenvalue weighted by Crippen LogP contribution is 2.35. The summed E-state index contributed by atoms with van der Waals surface area (Å²) in [6, 6.07) is 17.3. The molecule has 1 aliphatic rings. The van der Waals surface area contributed by atoms with Gasteiger partial charge in [0.2, 0.25) is 0 Å². The van der Waals surface area contributed by atoms with Crippen LogP contribution in [0, 0.1) is 0 Å². The summed E-state index contributed by atoms with van der Waals surface area (Å²) in [5.41, 5.74) is 7.55. The van der Waals surface area contributed by atoms with Crippen LogP contribution in [-0.2, 0) is 6.42 Å². The van der Waals surface area contributed by atoms with E-state index in [4.69, 9.17) is 0 Å². The van der Waals surface area contributed by atoms with Crippen molar-refractivity contribution in [3.05, 3.63) is 76.7 Å². The van der Waals surface area contributed by atoms with Crippen molar-refractivity contribution in [1.82, 2.24) is 4.98 Å². The first kappa shape index (κ1) is 11.2. The molecule has 0 spiro atoms. The zero-order chi connectivity index (χ0) is 12.2. The van der Waals surface area contributed by atoms with Crippen molar-refractivity contribution in [2.45, 2.75) is 6.42 Å². The molecule has 1 nitrogen and oxygen atoms in total. The molecule has 0 aliphatic heterocycles. The van der Waals surface area contributed by atoms with Gasteiger partial charge in [-0.3, -0.25) is 4.98 Å². The minimum atomic E-state index is 1.10. The number of benzene rings is 2. The summed E-state index contributed by atoms with van der Waals surface area (Å²) in [6.45, 7) is 0. The van der Waals surface area contributed by atoms with Gasteiger partial charge < -0.3 is 0 Å². The Labute approximate surface area is 111 Å². The number of thiazole rings is 1. The first-order valence-electron chi connectivity index (χ1n) is 5.93. The first-order valence-corrected chi connectivity index (χ1v) is 6.88. The van der Waals surface area contributed by atoms with E-state index < -0.39 is 0 Å². The Hall–Kier alpha value is -1.93. The quantitative estimate of drug-likeness (QED) is 0.451. The van der Waals surface area contributed by atoms with Gasteiger partial charge in [-0.1, -0.05) is 48.5 Å². The zero-order valence-electron chi connectivity index (χ0n) is 9.91. The average molecular weight is 251 g/mol. The van der Waals surface area contributed by atoms with Gasteiger partial charge in [0, 0.05) is 11.6 Å². The van der Waals surface area contributed by atoms with E-state index in [0.717, 1.165) is 6.42 Å². The van der Waals surface area contributed by atoms with E-state index in [0.29, 0.717) is 0 Å². The Balaban J connectivity index is 0.000000169. The molecular weight excluding hydrogens is 238 g/mol. The molecular formula is C16H13NS. The Morgan fingerprint density at radius 2 is 1.44 bits per heavy atom. The summed E-state index contributed by atoms with van der Waals surface area (Å²) in [4.78, 5) is 3.74. The van der Waals surface area contributed by atoms with Crippen LogP contribution >= 0.6 is 11.3 Å². The number of fused-ring (bicyclic) bond motifs is 3. The van der Waals surface area contributed by atoms with E-state index in [9.17, 15) is 0 Å². The third kappa shape index (κ3) is 2.20. The lowest BCUT2D eigenvalue weighted by molar-refractivity contribution is 1.26. The van der Waals surface area contributed by atoms with Gasteiger partial charge >= 0.3 is 0 Å². The topological polar surface area (TPSA) is 12.9 Å². The van der Waals surface area contributed by atoms with Crippen LogP contribution in [0.5, 0.6) is 0 Å². The van der Waals surface area contributed by atoms with E-state index in [2.05, 4.69) is 53.5 Å². The highest BCUT2D eigenvalue weighted by atomic mass is 32.1. The summed E-state index contributed by atoms with van der Waals surface area (Å²) in [6.07, 6.45) is 2.87. The molecule has 0 amide bonds. The molecule has 1 heterocycles. The van der Waals surface area contributed by atoms with Gasteiger partial charge in [0.25, 0.3) is 0 Å². The van der Waals surface area contributed by atoms with E-state index in [1.54, 1.807) is 23.0 Å². The third-order valence-electron chi connectivity index (χ3n) is 3.05. The van der Waals surface area contributed by atoms with Crippen LogP contribution < -0.4 is 0 Å². The van der Waals surface area contributed by atoms with Crippen LogP contribution in [0.1, 0.15) is 11.1 Å². The molecule has 88 valence electrons. The molecule has 1 aliphatic carbocycles. The summed E-state index contributed by atoms with van der Waals surface area (Å²) in [5, 5.41) is 1.93. The van der Waals surface area contributed by atoms with Gasteiger partial charge in [-0.15, -0.1) is 11.3 Å². The first-order chi connectivity index (χ1) is 8.95. The summed E-state index contributed by atoms with van der Waals surface area (Å²) in [5.74, 6) is 0. The molecule has 1 aromatic heterocycles. The Bertz CT molecular complexity index is 568. The molecule has 0 saturated carbocycles. The second-order valence-corrected chi connectivity index (χ2v) is 4.92. The van der Waals surface area contributed by atoms with Crippen molar-refractivity contribution in [2.75, 3.05) is 0 Å². The average Bonchev–Trinajstić information content (AvgIpc) is 3.10. The SMILES string of the molecule is c1ccc2c(c1)Cc1ccccc1-2.c1cscn1. The summed E-state index contributed by atoms with van der Waals surface area (Å²) in [7, 11) is 0. The Morgan fingerprint density at radius 3 is 1.89 bits per heavy atom. The van der Waals surface area contributed by atoms with Crippen LogP contribution in [0.25, 0.3) is 11.1 Å². The van der Waals surface area contributed by atoms with Crippen molar-refractivity contribution in [3.8, 4) is 11.1 Å². The fourth-order valence-electron chi connectivity index (χ4n) is 2.26. The molecule has 0 unspecified atom stereocenters. The number of hydrogen-bond acceptors (Lipinski definition) is 2. The molecule has 0 radical (unpaired) electrons. The van der Waals surface area contributed by atoms with Crippen LogP contribution in [0.4, 0.5) is 0 Å². The summed E-state index contributed by atoms with van der Waals surface area (Å²) >= 11 is 1.60. The highest BCUT2D eigenvalue weighted by molar-refractivity contribution is 7.07. The minimum Gasteiger partial charge on any atom is -0.253 e. The molecule has 4 rings (SSSR count). The predicted molar refractivity (Wildman–Crippen MR) is 76.8 cm³/mol. The van der Waals surface area contributed by atoms with Gasteiger partial charge in [0.15, 0.2) is 0 Å². The van der Waals surface area contributed by atoms with Crippen LogP contribution in [0.3, 0.4) is 0 Å². The lowest BCUT2D eigenvalue weighted by Gasteiger charge is -1.98. The molecule has 2 heteroatoms. The maximum absolute atomic E-state index is 3.74. The number of nitrogens with zero attached hydrogens (tertiary/aromatic N) is 1. The van der Waals surface area contributed by atoms with Crippen LogP contribution in [0.2, 0.25) is 0 Å². The molecule has 2 aromatic carbocycles. The molecule has 0 bridgehead atoms. The molecule has 0 saturated heterocycles. The largest absolute Gasteiger partial charge is 0.253 e. The Kier molecular flexibility index (Phi) is 3.20. The minimum absolute atomic E-state index is 1.10. The fraction of sp³-hybridized carbons (Fsp3) is 0.0625. The predicted octanol–water partition coefficient (Wildman–Crippen LogP) is 4.40. The molecule has 3 aromatic rings. The second kappa shape index (κ2) is 5.15. The second-order valence-electron chi connectivity index (χ2n) is 4.17. The maximum atomic E-state index is 3.74. The third-order valence-corrected chi connectivity index (χ3v) is 3.58. The molecule has 0 atom stereocenters. The van der Waals surface area contributed by atoms with E-state index in [-0.39, 0.29) is 0 Å². The van der Waals surface area contributed by atoms with Crippen molar-refractivity contribution in [1.29, 1.82) is 0 Å². The lowest BCUT2D eigenvalue weighted by Crippen LogP contribution is -1.77. The monoisotopic (exact) mass is 251 g/mol. The van der Waals surface area contributed by atoms with E-state index in [1.807, 2.05) is 5.38 Å². The van der Waals surface area contributed by atoms with Gasteiger partial charge in [-0.05, 0) is 28.7 Å². The zero-order valence-corrected chi connectivity index (χ0v) is 10.7. The number of rotatable bonds is 0. The number of hydrogen-bond donors (Lipinski definition) is 0. The van der Waals surface area contributed by atoms with Gasteiger partial charge in [0.05, 0.1) is 5.51 Å². The van der Waals surface area contributed by atoms with E-state index >= 15 is 0 Å². The van der Waals surface area contributed by atoms with E-state index in [1.165, 1.54) is 22.3 Å². The van der Waals surface area contributed by atoms with Crippen molar-refractivity contribution < 1.29 is 0 Å². The van der Waals surface area contributed by atoms with Crippen molar-refractivity contribution >= 4 is 11.3 Å². The van der Waals surface area contributed by atoms with Crippen molar-refractivity contribution in [3.63, 3.8) is 0 Å².